The molecule has 0 aliphatic carbocycles. The Kier molecular flexibility index (Phi) is 6.50. The van der Waals surface area contributed by atoms with E-state index in [2.05, 4.69) is 0 Å². The average Bonchev–Trinajstić information content (AvgIpc) is 3.34. The molecule has 0 amide bonds. The highest BCUT2D eigenvalue weighted by atomic mass is 32.2. The maximum atomic E-state index is 13.8. The van der Waals surface area contributed by atoms with Crippen molar-refractivity contribution in [1.29, 1.82) is 0 Å². The maximum Gasteiger partial charge on any atom is 0.308 e. The van der Waals surface area contributed by atoms with Gasteiger partial charge in [0.1, 0.15) is 10.0 Å². The van der Waals surface area contributed by atoms with Crippen LogP contribution in [0.2, 0.25) is 0 Å². The first-order valence-electron chi connectivity index (χ1n) is 9.94. The number of benzene rings is 2. The van der Waals surface area contributed by atoms with Crippen LogP contribution in [0, 0.1) is 5.82 Å². The molecule has 1 aliphatic rings. The van der Waals surface area contributed by atoms with E-state index in [1.54, 1.807) is 23.6 Å². The van der Waals surface area contributed by atoms with Crippen molar-refractivity contribution >= 4 is 33.1 Å². The number of thiophene rings is 1. The molecule has 32 heavy (non-hydrogen) atoms. The van der Waals surface area contributed by atoms with Crippen LogP contribution in [0.4, 0.5) is 4.39 Å². The second kappa shape index (κ2) is 9.32. The predicted octanol–water partition coefficient (Wildman–Crippen LogP) is 3.99. The Morgan fingerprint density at radius 3 is 2.56 bits per heavy atom. The van der Waals surface area contributed by atoms with Crippen LogP contribution in [0.3, 0.4) is 0 Å². The molecule has 4 rings (SSSR count). The molecule has 9 heteroatoms. The van der Waals surface area contributed by atoms with Gasteiger partial charge in [-0.15, -0.1) is 11.3 Å². The zero-order valence-corrected chi connectivity index (χ0v) is 18.6. The number of ketones is 1. The van der Waals surface area contributed by atoms with Gasteiger partial charge in [0, 0.05) is 6.54 Å². The summed E-state index contributed by atoms with van der Waals surface area (Å²) in [6.07, 6.45) is 0.268. The fraction of sp³-hybridized carbons (Fsp3) is 0.217. The van der Waals surface area contributed by atoms with Gasteiger partial charge < -0.3 is 4.74 Å². The van der Waals surface area contributed by atoms with Crippen molar-refractivity contribution in [2.24, 2.45) is 0 Å². The number of hydrogen-bond donors (Lipinski definition) is 0. The van der Waals surface area contributed by atoms with Crippen LogP contribution < -0.4 is 0 Å². The Bertz CT molecular complexity index is 1240. The van der Waals surface area contributed by atoms with Crippen molar-refractivity contribution in [3.05, 3.63) is 88.6 Å². The molecular weight excluding hydrogens is 453 g/mol. The van der Waals surface area contributed by atoms with Crippen LogP contribution >= 0.6 is 11.3 Å². The van der Waals surface area contributed by atoms with Crippen LogP contribution in [-0.4, -0.2) is 37.6 Å². The summed E-state index contributed by atoms with van der Waals surface area (Å²) in [4.78, 5) is 24.8. The van der Waals surface area contributed by atoms with Gasteiger partial charge in [0.15, 0.2) is 6.61 Å². The lowest BCUT2D eigenvalue weighted by Gasteiger charge is -2.35. The molecule has 6 nitrogen and oxygen atoms in total. The van der Waals surface area contributed by atoms with E-state index < -0.39 is 40.2 Å². The summed E-state index contributed by atoms with van der Waals surface area (Å²) in [5.41, 5.74) is 1.53. The van der Waals surface area contributed by atoms with Crippen molar-refractivity contribution in [3.8, 4) is 0 Å². The maximum absolute atomic E-state index is 13.8. The van der Waals surface area contributed by atoms with E-state index in [1.165, 1.54) is 28.6 Å². The SMILES string of the molecule is O=C(CC1c2ccccc2CCN1S(=O)(=O)c1cccs1)OCC(=O)c1ccccc1F. The third-order valence-corrected chi connectivity index (χ3v) is 8.60. The lowest BCUT2D eigenvalue weighted by Crippen LogP contribution is -2.41. The number of hydrogen-bond acceptors (Lipinski definition) is 6. The van der Waals surface area contributed by atoms with E-state index in [0.717, 1.165) is 28.5 Å². The van der Waals surface area contributed by atoms with Gasteiger partial charge in [-0.2, -0.15) is 4.31 Å². The fourth-order valence-corrected chi connectivity index (χ4v) is 6.51. The van der Waals surface area contributed by atoms with E-state index in [0.29, 0.717) is 6.42 Å². The van der Waals surface area contributed by atoms with E-state index >= 15 is 0 Å². The summed E-state index contributed by atoms with van der Waals surface area (Å²) in [6, 6.07) is 15.2. The molecule has 0 spiro atoms. The molecule has 1 atom stereocenters. The molecule has 1 aromatic heterocycles. The largest absolute Gasteiger partial charge is 0.457 e. The summed E-state index contributed by atoms with van der Waals surface area (Å²) in [5, 5.41) is 1.68. The number of carbonyl (C=O) groups is 2. The lowest BCUT2D eigenvalue weighted by molar-refractivity contribution is -0.143. The number of ether oxygens (including phenoxy) is 1. The van der Waals surface area contributed by atoms with Gasteiger partial charge in [0.05, 0.1) is 18.0 Å². The van der Waals surface area contributed by atoms with Crippen LogP contribution in [-0.2, 0) is 26.0 Å². The summed E-state index contributed by atoms with van der Waals surface area (Å²) in [6.45, 7) is -0.394. The van der Waals surface area contributed by atoms with Gasteiger partial charge in [0.25, 0.3) is 10.0 Å². The number of fused-ring (bicyclic) bond motifs is 1. The van der Waals surface area contributed by atoms with Crippen molar-refractivity contribution in [2.75, 3.05) is 13.2 Å². The highest BCUT2D eigenvalue weighted by Crippen LogP contribution is 2.37. The van der Waals surface area contributed by atoms with Gasteiger partial charge in [-0.25, -0.2) is 12.8 Å². The Morgan fingerprint density at radius 1 is 1.06 bits per heavy atom. The standard InChI is InChI=1S/C23H20FNO5S2/c24-19-9-4-3-8-18(19)21(26)15-30-22(27)14-20-17-7-2-1-6-16(17)11-12-25(20)32(28,29)23-10-5-13-31-23/h1-10,13,20H,11-12,14-15H2. The Balaban J connectivity index is 1.54. The molecule has 0 saturated heterocycles. The number of esters is 1. The van der Waals surface area contributed by atoms with Crippen molar-refractivity contribution in [2.45, 2.75) is 23.1 Å². The molecule has 0 saturated carbocycles. The first kappa shape index (κ1) is 22.3. The molecule has 3 aromatic rings. The van der Waals surface area contributed by atoms with E-state index in [-0.39, 0.29) is 22.7 Å². The van der Waals surface area contributed by atoms with Crippen LogP contribution in [0.15, 0.2) is 70.3 Å². The zero-order valence-electron chi connectivity index (χ0n) is 16.9. The Morgan fingerprint density at radius 2 is 1.81 bits per heavy atom. The number of nitrogens with zero attached hydrogens (tertiary/aromatic N) is 1. The van der Waals surface area contributed by atoms with E-state index in [9.17, 15) is 22.4 Å². The Hall–Kier alpha value is -2.88. The summed E-state index contributed by atoms with van der Waals surface area (Å²) >= 11 is 1.11. The summed E-state index contributed by atoms with van der Waals surface area (Å²) < 4.78 is 46.9. The predicted molar refractivity (Wildman–Crippen MR) is 117 cm³/mol. The Labute approximate surface area is 189 Å². The molecule has 2 aromatic carbocycles. The highest BCUT2D eigenvalue weighted by molar-refractivity contribution is 7.91. The highest BCUT2D eigenvalue weighted by Gasteiger charge is 2.38. The van der Waals surface area contributed by atoms with E-state index in [1.807, 2.05) is 12.1 Å². The summed E-state index contributed by atoms with van der Waals surface area (Å²) in [5.74, 6) is -2.09. The van der Waals surface area contributed by atoms with Crippen LogP contribution in [0.1, 0.15) is 33.9 Å². The molecular formula is C23H20FNO5S2. The third-order valence-electron chi connectivity index (χ3n) is 5.32. The average molecular weight is 474 g/mol. The van der Waals surface area contributed by atoms with Crippen molar-refractivity contribution in [3.63, 3.8) is 0 Å². The van der Waals surface area contributed by atoms with E-state index in [4.69, 9.17) is 4.74 Å². The molecule has 0 radical (unpaired) electrons. The number of Topliss-reactive ketones (excluding diaryl/α,β-unsaturated/α-hetero) is 1. The fourth-order valence-electron chi connectivity index (χ4n) is 3.78. The van der Waals surface area contributed by atoms with Crippen LogP contribution in [0.25, 0.3) is 0 Å². The van der Waals surface area contributed by atoms with Crippen molar-refractivity contribution < 1.29 is 27.1 Å². The minimum atomic E-state index is -3.81. The molecule has 1 aliphatic heterocycles. The first-order valence-corrected chi connectivity index (χ1v) is 12.3. The quantitative estimate of drug-likeness (QED) is 0.383. The number of rotatable bonds is 7. The lowest BCUT2D eigenvalue weighted by atomic mass is 9.92. The van der Waals surface area contributed by atoms with Gasteiger partial charge in [0.2, 0.25) is 5.78 Å². The minimum absolute atomic E-state index is 0.162. The van der Waals surface area contributed by atoms with Crippen molar-refractivity contribution in [1.82, 2.24) is 4.31 Å². The monoisotopic (exact) mass is 473 g/mol. The second-order valence-electron chi connectivity index (χ2n) is 7.28. The molecule has 0 fully saturated rings. The molecule has 0 N–H and O–H groups in total. The zero-order chi connectivity index (χ0) is 22.7. The third kappa shape index (κ3) is 4.50. The van der Waals surface area contributed by atoms with Crippen LogP contribution in [0.5, 0.6) is 0 Å². The van der Waals surface area contributed by atoms with Gasteiger partial charge in [-0.3, -0.25) is 9.59 Å². The normalized spacial score (nSPS) is 16.3. The minimum Gasteiger partial charge on any atom is -0.457 e. The number of halogens is 1. The second-order valence-corrected chi connectivity index (χ2v) is 10.3. The van der Waals surface area contributed by atoms with Gasteiger partial charge >= 0.3 is 5.97 Å². The topological polar surface area (TPSA) is 80.8 Å². The summed E-state index contributed by atoms with van der Waals surface area (Å²) in [7, 11) is -3.81. The molecule has 0 bridgehead atoms. The molecule has 1 unspecified atom stereocenters. The number of carbonyl (C=O) groups excluding carboxylic acids is 2. The first-order chi connectivity index (χ1) is 15.4. The molecule has 166 valence electrons. The molecule has 2 heterocycles. The van der Waals surface area contributed by atoms with Gasteiger partial charge in [-0.1, -0.05) is 42.5 Å². The number of sulfonamides is 1. The van der Waals surface area contributed by atoms with Gasteiger partial charge in [-0.05, 0) is 41.1 Å². The smallest absolute Gasteiger partial charge is 0.308 e.